The number of aryl methyl sites for hydroxylation is 1. The molecule has 3 rings (SSSR count). The fourth-order valence-electron chi connectivity index (χ4n) is 2.60. The topological polar surface area (TPSA) is 114 Å². The zero-order valence-electron chi connectivity index (χ0n) is 14.3. The summed E-state index contributed by atoms with van der Waals surface area (Å²) in [5.41, 5.74) is -0.207. The first-order chi connectivity index (χ1) is 11.9. The van der Waals surface area contributed by atoms with Crippen LogP contribution in [-0.4, -0.2) is 33.5 Å². The first kappa shape index (κ1) is 18.8. The van der Waals surface area contributed by atoms with Gasteiger partial charge in [0.1, 0.15) is 0 Å². The van der Waals surface area contributed by atoms with Crippen molar-refractivity contribution in [3.05, 3.63) is 35.3 Å². The molecular weight excluding hydrogens is 398 g/mol. The summed E-state index contributed by atoms with van der Waals surface area (Å²) in [6.45, 7) is 4.87. The molecule has 1 aromatic carbocycles. The molecule has 2 aromatic rings. The van der Waals surface area contributed by atoms with Crippen molar-refractivity contribution in [1.82, 2.24) is 4.98 Å². The molecule has 1 aromatic heterocycles. The number of anilines is 2. The quantitative estimate of drug-likeness (QED) is 0.816. The van der Waals surface area contributed by atoms with Crippen LogP contribution in [0.1, 0.15) is 19.5 Å². The molecule has 1 aliphatic heterocycles. The molecule has 26 heavy (non-hydrogen) atoms. The Bertz CT molecular complexity index is 1070. The Kier molecular flexibility index (Phi) is 4.36. The minimum Gasteiger partial charge on any atom is -0.273 e. The third-order valence-electron chi connectivity index (χ3n) is 3.81. The van der Waals surface area contributed by atoms with Gasteiger partial charge >= 0.3 is 0 Å². The summed E-state index contributed by atoms with van der Waals surface area (Å²) in [6, 6.07) is 5.12. The van der Waals surface area contributed by atoms with Gasteiger partial charge in [-0.05, 0) is 45.0 Å². The Hall–Kier alpha value is -1.98. The summed E-state index contributed by atoms with van der Waals surface area (Å²) >= 11 is 1.16. The predicted molar refractivity (Wildman–Crippen MR) is 99.2 cm³/mol. The van der Waals surface area contributed by atoms with E-state index in [-0.39, 0.29) is 21.5 Å². The normalized spacial score (nSPS) is 18.9. The Labute approximate surface area is 156 Å². The molecule has 0 atom stereocenters. The van der Waals surface area contributed by atoms with Crippen LogP contribution < -0.4 is 9.03 Å². The maximum Gasteiger partial charge on any atom is 0.263 e. The van der Waals surface area contributed by atoms with Crippen molar-refractivity contribution in [2.24, 2.45) is 5.41 Å². The average Bonchev–Trinajstić information content (AvgIpc) is 2.97. The van der Waals surface area contributed by atoms with Gasteiger partial charge < -0.3 is 0 Å². The number of hydrogen-bond acceptors (Lipinski definition) is 7. The lowest BCUT2D eigenvalue weighted by atomic mass is 9.95. The van der Waals surface area contributed by atoms with Crippen LogP contribution >= 0.6 is 11.3 Å². The number of nitrogens with one attached hydrogen (secondary N) is 1. The van der Waals surface area contributed by atoms with E-state index in [9.17, 15) is 21.6 Å². The van der Waals surface area contributed by atoms with Crippen LogP contribution in [0.5, 0.6) is 0 Å². The van der Waals surface area contributed by atoms with E-state index in [4.69, 9.17) is 0 Å². The van der Waals surface area contributed by atoms with E-state index in [0.717, 1.165) is 15.6 Å². The lowest BCUT2D eigenvalue weighted by molar-refractivity contribution is -0.123. The SMILES string of the molecule is Cc1csc(NS(=O)(=O)c2ccc(N3C(=O)C(C)(C)CS3(=O)=O)cc2)n1. The van der Waals surface area contributed by atoms with Crippen LogP contribution in [0.4, 0.5) is 10.8 Å². The molecule has 1 aliphatic rings. The van der Waals surface area contributed by atoms with Crippen LogP contribution in [0.2, 0.25) is 0 Å². The number of hydrogen-bond donors (Lipinski definition) is 1. The molecule has 8 nitrogen and oxygen atoms in total. The van der Waals surface area contributed by atoms with Crippen molar-refractivity contribution in [2.75, 3.05) is 14.8 Å². The van der Waals surface area contributed by atoms with Crippen LogP contribution in [0.3, 0.4) is 0 Å². The van der Waals surface area contributed by atoms with Gasteiger partial charge in [0.15, 0.2) is 5.13 Å². The number of rotatable bonds is 4. The molecule has 1 saturated heterocycles. The van der Waals surface area contributed by atoms with Gasteiger partial charge in [0.25, 0.3) is 10.0 Å². The van der Waals surface area contributed by atoms with Crippen LogP contribution in [-0.2, 0) is 24.8 Å². The molecule has 1 N–H and O–H groups in total. The van der Waals surface area contributed by atoms with Gasteiger partial charge in [-0.15, -0.1) is 11.3 Å². The predicted octanol–water partition coefficient (Wildman–Crippen LogP) is 1.95. The fourth-order valence-corrected chi connectivity index (χ4v) is 6.64. The van der Waals surface area contributed by atoms with E-state index in [1.54, 1.807) is 26.2 Å². The number of aromatic nitrogens is 1. The third kappa shape index (κ3) is 3.33. The lowest BCUT2D eigenvalue weighted by Gasteiger charge is -2.17. The number of carbonyl (C=O) groups is 1. The molecule has 0 aliphatic carbocycles. The second kappa shape index (κ2) is 6.03. The first-order valence-corrected chi connectivity index (χ1v) is 11.5. The molecule has 1 amide bonds. The summed E-state index contributed by atoms with van der Waals surface area (Å²) in [7, 11) is -7.64. The molecule has 0 bridgehead atoms. The molecular formula is C15H17N3O5S3. The second-order valence-corrected chi connectivity index (χ2v) is 11.0. The second-order valence-electron chi connectivity index (χ2n) is 6.60. The maximum absolute atomic E-state index is 12.4. The number of sulfonamides is 2. The van der Waals surface area contributed by atoms with E-state index < -0.39 is 31.4 Å². The summed E-state index contributed by atoms with van der Waals surface area (Å²) < 4.78 is 52.5. The van der Waals surface area contributed by atoms with Crippen molar-refractivity contribution in [3.63, 3.8) is 0 Å². The summed E-state index contributed by atoms with van der Waals surface area (Å²) in [5.74, 6) is -0.825. The highest BCUT2D eigenvalue weighted by atomic mass is 32.2. The number of nitrogens with zero attached hydrogens (tertiary/aromatic N) is 2. The van der Waals surface area contributed by atoms with Crippen molar-refractivity contribution < 1.29 is 21.6 Å². The van der Waals surface area contributed by atoms with Crippen molar-refractivity contribution in [3.8, 4) is 0 Å². The van der Waals surface area contributed by atoms with E-state index >= 15 is 0 Å². The minimum absolute atomic E-state index is 0.0580. The Morgan fingerprint density at radius 2 is 1.85 bits per heavy atom. The maximum atomic E-state index is 12.4. The van der Waals surface area contributed by atoms with Crippen LogP contribution in [0, 0.1) is 12.3 Å². The molecule has 0 saturated carbocycles. The smallest absolute Gasteiger partial charge is 0.263 e. The van der Waals surface area contributed by atoms with Crippen LogP contribution in [0.15, 0.2) is 34.5 Å². The standard InChI is InChI=1S/C15H17N3O5S3/c1-10-8-24-14(16-10)17-26(22,23)12-6-4-11(5-7-12)18-13(19)15(2,3)9-25(18,20)21/h4-8H,9H2,1-3H3,(H,16,17). The van der Waals surface area contributed by atoms with Gasteiger partial charge in [0.2, 0.25) is 15.9 Å². The van der Waals surface area contributed by atoms with Gasteiger partial charge in [-0.1, -0.05) is 0 Å². The number of amides is 1. The highest BCUT2D eigenvalue weighted by molar-refractivity contribution is 7.94. The summed E-state index contributed by atoms with van der Waals surface area (Å²) in [4.78, 5) is 16.4. The van der Waals surface area contributed by atoms with Crippen molar-refractivity contribution >= 4 is 48.1 Å². The Morgan fingerprint density at radius 1 is 1.23 bits per heavy atom. The summed E-state index contributed by atoms with van der Waals surface area (Å²) in [6.07, 6.45) is 0. The van der Waals surface area contributed by atoms with Gasteiger partial charge in [-0.3, -0.25) is 9.52 Å². The minimum atomic E-state index is -3.86. The highest BCUT2D eigenvalue weighted by Crippen LogP contribution is 2.36. The van der Waals surface area contributed by atoms with Gasteiger partial charge in [0, 0.05) is 5.38 Å². The number of carbonyl (C=O) groups excluding carboxylic acids is 1. The molecule has 140 valence electrons. The molecule has 0 spiro atoms. The van der Waals surface area contributed by atoms with E-state index in [1.165, 1.54) is 24.3 Å². The molecule has 2 heterocycles. The highest BCUT2D eigenvalue weighted by Gasteiger charge is 2.49. The first-order valence-electron chi connectivity index (χ1n) is 7.55. The summed E-state index contributed by atoms with van der Waals surface area (Å²) in [5, 5.41) is 1.96. The Balaban J connectivity index is 1.90. The zero-order chi connectivity index (χ0) is 19.3. The van der Waals surface area contributed by atoms with E-state index in [0.29, 0.717) is 5.69 Å². The van der Waals surface area contributed by atoms with Crippen LogP contribution in [0.25, 0.3) is 0 Å². The van der Waals surface area contributed by atoms with Gasteiger partial charge in [-0.25, -0.2) is 26.1 Å². The fraction of sp³-hybridized carbons (Fsp3) is 0.333. The molecule has 11 heteroatoms. The molecule has 0 radical (unpaired) electrons. The average molecular weight is 416 g/mol. The van der Waals surface area contributed by atoms with Gasteiger partial charge in [0.05, 0.1) is 27.4 Å². The van der Waals surface area contributed by atoms with Crippen molar-refractivity contribution in [1.29, 1.82) is 0 Å². The largest absolute Gasteiger partial charge is 0.273 e. The third-order valence-corrected chi connectivity index (χ3v) is 8.19. The monoisotopic (exact) mass is 415 g/mol. The number of benzene rings is 1. The molecule has 0 unspecified atom stereocenters. The lowest BCUT2D eigenvalue weighted by Crippen LogP contribution is -2.32. The van der Waals surface area contributed by atoms with Gasteiger partial charge in [-0.2, -0.15) is 0 Å². The van der Waals surface area contributed by atoms with E-state index in [2.05, 4.69) is 9.71 Å². The van der Waals surface area contributed by atoms with E-state index in [1.807, 2.05) is 0 Å². The number of thiazole rings is 1. The zero-order valence-corrected chi connectivity index (χ0v) is 16.7. The van der Waals surface area contributed by atoms with Crippen molar-refractivity contribution in [2.45, 2.75) is 25.7 Å². The Morgan fingerprint density at radius 3 is 2.31 bits per heavy atom. The molecule has 1 fully saturated rings.